The standard InChI is InChI=1S/C28H24F4N10/c29-20-11-17(13-34-24(20)37-18-4-5-18)21-6-7-22-23(38-21)25(41-27(8-9-27)28(30,31)32)40-26(39-22)35-12-16-2-1-3-19(10-16)42-15-33-14-36-42/h1-3,6-7,10-11,13-15,18H,4-5,8-9,12H2,(H,34,37)(H2,35,39,40,41). The molecule has 0 amide bonds. The van der Waals surface area contributed by atoms with Crippen molar-refractivity contribution >= 4 is 28.6 Å². The zero-order valence-corrected chi connectivity index (χ0v) is 22.0. The summed E-state index contributed by atoms with van der Waals surface area (Å²) in [6.45, 7) is 0.301. The second-order valence-electron chi connectivity index (χ2n) is 10.5. The summed E-state index contributed by atoms with van der Waals surface area (Å²) in [5.74, 6) is -0.295. The highest BCUT2D eigenvalue weighted by atomic mass is 19.4. The third-order valence-corrected chi connectivity index (χ3v) is 7.29. The molecule has 7 rings (SSSR count). The third-order valence-electron chi connectivity index (χ3n) is 7.29. The van der Waals surface area contributed by atoms with E-state index in [-0.39, 0.29) is 42.0 Å². The Hall–Kier alpha value is -4.88. The van der Waals surface area contributed by atoms with Crippen LogP contribution in [0.5, 0.6) is 0 Å². The summed E-state index contributed by atoms with van der Waals surface area (Å²) in [6, 6.07) is 12.3. The molecular formula is C28H24F4N10. The van der Waals surface area contributed by atoms with Gasteiger partial charge in [0.15, 0.2) is 17.5 Å². The average Bonchev–Trinajstić information content (AvgIpc) is 3.90. The minimum atomic E-state index is -4.48. The Labute approximate surface area is 236 Å². The van der Waals surface area contributed by atoms with Crippen LogP contribution in [0.2, 0.25) is 0 Å². The Balaban J connectivity index is 1.21. The summed E-state index contributed by atoms with van der Waals surface area (Å²) in [6.07, 6.45) is 1.80. The molecular weight excluding hydrogens is 552 g/mol. The molecule has 0 unspecified atom stereocenters. The highest BCUT2D eigenvalue weighted by Crippen LogP contribution is 2.51. The molecule has 2 saturated carbocycles. The summed E-state index contributed by atoms with van der Waals surface area (Å²) < 4.78 is 58.1. The van der Waals surface area contributed by atoms with Gasteiger partial charge in [0, 0.05) is 24.3 Å². The molecule has 4 aromatic heterocycles. The molecule has 1 aromatic carbocycles. The van der Waals surface area contributed by atoms with E-state index in [9.17, 15) is 17.6 Å². The number of benzene rings is 1. The van der Waals surface area contributed by atoms with Gasteiger partial charge in [-0.1, -0.05) is 12.1 Å². The number of aromatic nitrogens is 7. The molecule has 14 heteroatoms. The fraction of sp³-hybridized carbons (Fsp3) is 0.286. The number of nitrogens with one attached hydrogen (secondary N) is 3. The summed E-state index contributed by atoms with van der Waals surface area (Å²) in [7, 11) is 0. The van der Waals surface area contributed by atoms with Crippen LogP contribution in [0.25, 0.3) is 28.0 Å². The molecule has 4 heterocycles. The first-order valence-corrected chi connectivity index (χ1v) is 13.4. The van der Waals surface area contributed by atoms with Crippen LogP contribution in [0.4, 0.5) is 35.1 Å². The van der Waals surface area contributed by atoms with Crippen molar-refractivity contribution in [3.05, 3.63) is 72.7 Å². The quantitative estimate of drug-likeness (QED) is 0.196. The third kappa shape index (κ3) is 5.15. The van der Waals surface area contributed by atoms with E-state index in [4.69, 9.17) is 0 Å². The molecule has 0 bridgehead atoms. The molecule has 3 N–H and O–H groups in total. The number of fused-ring (bicyclic) bond motifs is 1. The van der Waals surface area contributed by atoms with Crippen LogP contribution < -0.4 is 16.0 Å². The van der Waals surface area contributed by atoms with Crippen LogP contribution in [0.1, 0.15) is 31.2 Å². The largest absolute Gasteiger partial charge is 0.411 e. The lowest BCUT2D eigenvalue weighted by Crippen LogP contribution is -2.39. The van der Waals surface area contributed by atoms with Crippen molar-refractivity contribution < 1.29 is 17.6 Å². The van der Waals surface area contributed by atoms with Crippen LogP contribution in [-0.4, -0.2) is 52.5 Å². The SMILES string of the molecule is Fc1cc(-c2ccc3nc(NCc4cccc(-n5cncn5)c4)nc(NC4(C(F)(F)F)CC4)c3n2)cnc1NC1CC1. The van der Waals surface area contributed by atoms with Crippen molar-refractivity contribution in [3.8, 4) is 16.9 Å². The Morgan fingerprint density at radius 1 is 1.00 bits per heavy atom. The van der Waals surface area contributed by atoms with Crippen molar-refractivity contribution in [2.24, 2.45) is 0 Å². The molecule has 0 aliphatic heterocycles. The number of hydrogen-bond donors (Lipinski definition) is 3. The smallest absolute Gasteiger partial charge is 0.365 e. The van der Waals surface area contributed by atoms with Crippen molar-refractivity contribution in [1.29, 1.82) is 0 Å². The first kappa shape index (κ1) is 26.0. The first-order valence-electron chi connectivity index (χ1n) is 13.4. The van der Waals surface area contributed by atoms with E-state index in [1.807, 2.05) is 24.3 Å². The Morgan fingerprint density at radius 2 is 1.86 bits per heavy atom. The first-order chi connectivity index (χ1) is 20.3. The van der Waals surface area contributed by atoms with Gasteiger partial charge in [-0.3, -0.25) is 0 Å². The van der Waals surface area contributed by atoms with Gasteiger partial charge in [0.05, 0.1) is 16.9 Å². The van der Waals surface area contributed by atoms with E-state index in [2.05, 4.69) is 46.0 Å². The van der Waals surface area contributed by atoms with Gasteiger partial charge in [-0.25, -0.2) is 29.0 Å². The monoisotopic (exact) mass is 576 g/mol. The second-order valence-corrected chi connectivity index (χ2v) is 10.5. The number of nitrogens with zero attached hydrogens (tertiary/aromatic N) is 7. The molecule has 42 heavy (non-hydrogen) atoms. The van der Waals surface area contributed by atoms with Gasteiger partial charge in [-0.05, 0) is 61.6 Å². The summed E-state index contributed by atoms with van der Waals surface area (Å²) in [5, 5.41) is 12.9. The molecule has 2 aliphatic carbocycles. The molecule has 0 spiro atoms. The van der Waals surface area contributed by atoms with Crippen LogP contribution in [-0.2, 0) is 6.54 Å². The normalized spacial score (nSPS) is 15.9. The van der Waals surface area contributed by atoms with Gasteiger partial charge in [-0.15, -0.1) is 0 Å². The summed E-state index contributed by atoms with van der Waals surface area (Å²) in [5.41, 5.74) is 0.773. The average molecular weight is 577 g/mol. The number of rotatable bonds is 9. The molecule has 0 radical (unpaired) electrons. The Bertz CT molecular complexity index is 1770. The van der Waals surface area contributed by atoms with Crippen molar-refractivity contribution in [3.63, 3.8) is 0 Å². The lowest BCUT2D eigenvalue weighted by Gasteiger charge is -2.22. The minimum absolute atomic E-state index is 0.0593. The Kier molecular flexibility index (Phi) is 6.13. The van der Waals surface area contributed by atoms with Crippen LogP contribution in [0.3, 0.4) is 0 Å². The highest BCUT2D eigenvalue weighted by Gasteiger charge is 2.64. The molecule has 5 aromatic rings. The van der Waals surface area contributed by atoms with Crippen LogP contribution in [0.15, 0.2) is 61.3 Å². The van der Waals surface area contributed by atoms with Crippen molar-refractivity contribution in [2.45, 2.75) is 50.0 Å². The predicted molar refractivity (Wildman–Crippen MR) is 147 cm³/mol. The zero-order valence-electron chi connectivity index (χ0n) is 22.0. The van der Waals surface area contributed by atoms with Crippen LogP contribution in [0, 0.1) is 5.82 Å². The van der Waals surface area contributed by atoms with Gasteiger partial charge < -0.3 is 16.0 Å². The number of anilines is 3. The van der Waals surface area contributed by atoms with E-state index in [1.54, 1.807) is 23.1 Å². The highest BCUT2D eigenvalue weighted by molar-refractivity contribution is 5.88. The maximum atomic E-state index is 14.7. The Morgan fingerprint density at radius 3 is 2.57 bits per heavy atom. The number of pyridine rings is 2. The molecule has 0 atom stereocenters. The molecule has 0 saturated heterocycles. The lowest BCUT2D eigenvalue weighted by molar-refractivity contribution is -0.151. The van der Waals surface area contributed by atoms with Crippen molar-refractivity contribution in [2.75, 3.05) is 16.0 Å². The van der Waals surface area contributed by atoms with Gasteiger partial charge >= 0.3 is 6.18 Å². The van der Waals surface area contributed by atoms with E-state index in [1.165, 1.54) is 18.6 Å². The van der Waals surface area contributed by atoms with Gasteiger partial charge in [0.25, 0.3) is 0 Å². The fourth-order valence-electron chi connectivity index (χ4n) is 4.61. The van der Waals surface area contributed by atoms with Gasteiger partial charge in [-0.2, -0.15) is 23.3 Å². The zero-order chi connectivity index (χ0) is 28.9. The number of alkyl halides is 3. The summed E-state index contributed by atoms with van der Waals surface area (Å²) in [4.78, 5) is 21.6. The molecule has 214 valence electrons. The fourth-order valence-corrected chi connectivity index (χ4v) is 4.61. The van der Waals surface area contributed by atoms with Gasteiger partial charge in [0.2, 0.25) is 5.95 Å². The van der Waals surface area contributed by atoms with Gasteiger partial charge in [0.1, 0.15) is 23.7 Å². The maximum Gasteiger partial charge on any atom is 0.411 e. The van der Waals surface area contributed by atoms with E-state index < -0.39 is 17.5 Å². The lowest BCUT2D eigenvalue weighted by atomic mass is 10.1. The van der Waals surface area contributed by atoms with E-state index in [0.29, 0.717) is 23.3 Å². The maximum absolute atomic E-state index is 14.7. The second kappa shape index (κ2) is 9.89. The molecule has 2 aliphatic rings. The van der Waals surface area contributed by atoms with E-state index in [0.717, 1.165) is 24.1 Å². The van der Waals surface area contributed by atoms with E-state index >= 15 is 0 Å². The summed E-state index contributed by atoms with van der Waals surface area (Å²) >= 11 is 0. The minimum Gasteiger partial charge on any atom is -0.365 e. The molecule has 2 fully saturated rings. The molecule has 10 nitrogen and oxygen atoms in total. The predicted octanol–water partition coefficient (Wildman–Crippen LogP) is 5.50. The topological polar surface area (TPSA) is 118 Å². The number of halogens is 4. The van der Waals surface area contributed by atoms with Crippen LogP contribution >= 0.6 is 0 Å². The number of hydrogen-bond acceptors (Lipinski definition) is 9. The van der Waals surface area contributed by atoms with Crippen molar-refractivity contribution in [1.82, 2.24) is 34.7 Å².